The molecular formula is C36H54N3O6S2+. The minimum absolute atomic E-state index is 0.140. The normalized spacial score (nSPS) is 15.5. The lowest BCUT2D eigenvalue weighted by atomic mass is 10.1. The summed E-state index contributed by atoms with van der Waals surface area (Å²) in [6.45, 7) is 5.90. The number of piperidine rings is 1. The molecule has 0 saturated carbocycles. The second-order valence-corrected chi connectivity index (χ2v) is 15.5. The van der Waals surface area contributed by atoms with Gasteiger partial charge in [0, 0.05) is 31.3 Å². The zero-order chi connectivity index (χ0) is 33.6. The van der Waals surface area contributed by atoms with Crippen LogP contribution in [0.15, 0.2) is 39.5 Å². The Hall–Kier alpha value is -2.73. The van der Waals surface area contributed by atoms with Gasteiger partial charge < -0.3 is 28.8 Å². The van der Waals surface area contributed by atoms with Gasteiger partial charge in [-0.1, -0.05) is 58.3 Å². The van der Waals surface area contributed by atoms with Crippen LogP contribution in [0.4, 0.5) is 10.7 Å². The van der Waals surface area contributed by atoms with Gasteiger partial charge in [-0.05, 0) is 56.4 Å². The van der Waals surface area contributed by atoms with E-state index in [2.05, 4.69) is 17.1 Å². The van der Waals surface area contributed by atoms with Crippen molar-refractivity contribution in [1.29, 1.82) is 0 Å². The van der Waals surface area contributed by atoms with Gasteiger partial charge in [0.15, 0.2) is 23.4 Å². The summed E-state index contributed by atoms with van der Waals surface area (Å²) < 4.78 is 27.2. The van der Waals surface area contributed by atoms with Gasteiger partial charge in [-0.3, -0.25) is 9.59 Å². The fraction of sp³-hybridized carbons (Fsp3) is 0.611. The number of fused-ring (bicyclic) bond motifs is 1. The minimum Gasteiger partial charge on any atom is -0.501 e. The van der Waals surface area contributed by atoms with Crippen molar-refractivity contribution in [2.45, 2.75) is 96.8 Å². The van der Waals surface area contributed by atoms with Crippen molar-refractivity contribution in [2.75, 3.05) is 55.7 Å². The van der Waals surface area contributed by atoms with Crippen LogP contribution in [-0.4, -0.2) is 69.8 Å². The molecule has 9 nitrogen and oxygen atoms in total. The Kier molecular flexibility index (Phi) is 14.8. The van der Waals surface area contributed by atoms with Crippen LogP contribution < -0.4 is 15.6 Å². The number of carbonyl (C=O) groups excluding carboxylic acids is 1. The molecule has 3 N–H and O–H groups in total. The first-order valence-corrected chi connectivity index (χ1v) is 19.6. The lowest BCUT2D eigenvalue weighted by Gasteiger charge is -2.34. The first kappa shape index (κ1) is 37.1. The summed E-state index contributed by atoms with van der Waals surface area (Å²) in [5.74, 6) is -0.253. The van der Waals surface area contributed by atoms with Gasteiger partial charge in [0.25, 0.3) is 5.91 Å². The van der Waals surface area contributed by atoms with Gasteiger partial charge in [-0.2, -0.15) is 0 Å². The molecule has 0 radical (unpaired) electrons. The number of rotatable bonds is 20. The molecule has 1 fully saturated rings. The van der Waals surface area contributed by atoms with E-state index in [0.717, 1.165) is 50.3 Å². The molecule has 1 aliphatic heterocycles. The summed E-state index contributed by atoms with van der Waals surface area (Å²) in [4.78, 5) is 29.4. The van der Waals surface area contributed by atoms with E-state index < -0.39 is 22.3 Å². The Labute approximate surface area is 286 Å². The average Bonchev–Trinajstić information content (AvgIpc) is 3.54. The third-order valence-electron chi connectivity index (χ3n) is 9.23. The van der Waals surface area contributed by atoms with Crippen molar-refractivity contribution in [3.05, 3.63) is 40.6 Å². The van der Waals surface area contributed by atoms with Crippen LogP contribution in [0.1, 0.15) is 96.8 Å². The molecule has 3 aromatic rings. The zero-order valence-electron chi connectivity index (χ0n) is 28.3. The van der Waals surface area contributed by atoms with E-state index in [4.69, 9.17) is 4.42 Å². The summed E-state index contributed by atoms with van der Waals surface area (Å²) in [5.41, 5.74) is 0.292. The highest BCUT2D eigenvalue weighted by Crippen LogP contribution is 2.39. The van der Waals surface area contributed by atoms with Gasteiger partial charge >= 0.3 is 0 Å². The van der Waals surface area contributed by atoms with Gasteiger partial charge in [0.1, 0.15) is 5.58 Å². The number of nitrogens with zero attached hydrogens (tertiary/aromatic N) is 2. The summed E-state index contributed by atoms with van der Waals surface area (Å²) in [6, 6.07) is 8.75. The number of hydrogen-bond acceptors (Lipinski definition) is 7. The van der Waals surface area contributed by atoms with Gasteiger partial charge in [-0.25, -0.2) is 4.21 Å². The maximum atomic E-state index is 13.3. The lowest BCUT2D eigenvalue weighted by Crippen LogP contribution is -2.50. The second-order valence-electron chi connectivity index (χ2n) is 13.3. The number of benzene rings is 1. The molecule has 3 heterocycles. The number of carbonyl (C=O) groups is 1. The number of nitrogens with one attached hydrogen (secondary N) is 1. The predicted octanol–water partition coefficient (Wildman–Crippen LogP) is 8.14. The SMILES string of the molecule is CCCCCCCCCCCC[N+](C)(CCCS(=O)O)CC(=O)Nc1ccc2c(=O)c(O)c(-c3ccc(N4CCCCC4)s3)oc2c1. The standard InChI is InChI=1S/C36H53N3O6S2/c1-3-4-5-6-7-8-9-10-11-15-23-39(2,24-16-25-47(43)44)27-32(40)37-28-17-18-29-30(26-28)45-36(35(42)34(29)41)31-19-20-33(46-31)38-21-13-12-14-22-38/h17-20,26H,3-16,21-25,27H2,1-2H3,(H2-,37,40,41,42,43,44)/p+1. The van der Waals surface area contributed by atoms with E-state index in [9.17, 15) is 23.5 Å². The Balaban J connectivity index is 1.38. The number of likely N-dealkylation sites (N-methyl/N-ethyl adjacent to an activating group) is 1. The Bertz CT molecular complexity index is 1520. The first-order valence-electron chi connectivity index (χ1n) is 17.5. The molecule has 1 saturated heterocycles. The maximum absolute atomic E-state index is 13.3. The molecule has 260 valence electrons. The fourth-order valence-electron chi connectivity index (χ4n) is 6.53. The summed E-state index contributed by atoms with van der Waals surface area (Å²) in [6.07, 6.45) is 16.5. The predicted molar refractivity (Wildman–Crippen MR) is 195 cm³/mol. The van der Waals surface area contributed by atoms with Crippen molar-refractivity contribution in [1.82, 2.24) is 0 Å². The largest absolute Gasteiger partial charge is 0.501 e. The number of aromatic hydroxyl groups is 1. The van der Waals surface area contributed by atoms with Crippen molar-refractivity contribution in [2.24, 2.45) is 0 Å². The van der Waals surface area contributed by atoms with E-state index in [0.29, 0.717) is 33.6 Å². The lowest BCUT2D eigenvalue weighted by molar-refractivity contribution is -0.902. The van der Waals surface area contributed by atoms with Gasteiger partial charge in [-0.15, -0.1) is 11.3 Å². The number of unbranched alkanes of at least 4 members (excludes halogenated alkanes) is 9. The molecule has 0 bridgehead atoms. The number of hydrogen-bond donors (Lipinski definition) is 3. The quantitative estimate of drug-likeness (QED) is 0.0623. The Morgan fingerprint density at radius 2 is 1.62 bits per heavy atom. The van der Waals surface area contributed by atoms with E-state index >= 15 is 0 Å². The number of amides is 1. The highest BCUT2D eigenvalue weighted by Gasteiger charge is 2.26. The van der Waals surface area contributed by atoms with E-state index in [1.54, 1.807) is 18.2 Å². The molecule has 11 heteroatoms. The molecule has 2 unspecified atom stereocenters. The maximum Gasteiger partial charge on any atom is 0.279 e. The number of anilines is 2. The zero-order valence-corrected chi connectivity index (χ0v) is 29.9. The van der Waals surface area contributed by atoms with Gasteiger partial charge in [0.05, 0.1) is 41.2 Å². The molecule has 0 aliphatic carbocycles. The van der Waals surface area contributed by atoms with Crippen LogP contribution in [0.3, 0.4) is 0 Å². The van der Waals surface area contributed by atoms with Crippen molar-refractivity contribution in [3.8, 4) is 16.4 Å². The Morgan fingerprint density at radius 1 is 0.957 bits per heavy atom. The summed E-state index contributed by atoms with van der Waals surface area (Å²) in [5, 5.41) is 15.1. The molecule has 1 amide bonds. The summed E-state index contributed by atoms with van der Waals surface area (Å²) >= 11 is -0.363. The smallest absolute Gasteiger partial charge is 0.279 e. The van der Waals surface area contributed by atoms with E-state index in [1.165, 1.54) is 69.1 Å². The fourth-order valence-corrected chi connectivity index (χ4v) is 7.95. The molecule has 1 aliphatic rings. The second kappa shape index (κ2) is 18.7. The van der Waals surface area contributed by atoms with E-state index in [-0.39, 0.29) is 29.4 Å². The third-order valence-corrected chi connectivity index (χ3v) is 11.0. The molecule has 4 rings (SSSR count). The van der Waals surface area contributed by atoms with Crippen LogP contribution in [0.5, 0.6) is 5.75 Å². The molecule has 47 heavy (non-hydrogen) atoms. The minimum atomic E-state index is -1.86. The highest BCUT2D eigenvalue weighted by atomic mass is 32.2. The van der Waals surface area contributed by atoms with Crippen molar-refractivity contribution >= 4 is 50.0 Å². The monoisotopic (exact) mass is 688 g/mol. The van der Waals surface area contributed by atoms with Crippen LogP contribution in [0.25, 0.3) is 21.6 Å². The summed E-state index contributed by atoms with van der Waals surface area (Å²) in [7, 11) is 2.04. The highest BCUT2D eigenvalue weighted by molar-refractivity contribution is 7.79. The number of quaternary nitrogens is 1. The molecule has 2 atom stereocenters. The topological polar surface area (TPSA) is 120 Å². The Morgan fingerprint density at radius 3 is 2.30 bits per heavy atom. The van der Waals surface area contributed by atoms with Gasteiger partial charge in [0.2, 0.25) is 11.2 Å². The number of thiophene rings is 1. The third kappa shape index (κ3) is 11.4. The van der Waals surface area contributed by atoms with E-state index in [1.807, 2.05) is 19.2 Å². The van der Waals surface area contributed by atoms with Crippen LogP contribution in [0.2, 0.25) is 0 Å². The molecule has 1 aromatic carbocycles. The van der Waals surface area contributed by atoms with Crippen molar-refractivity contribution < 1.29 is 27.6 Å². The molecule has 0 spiro atoms. The van der Waals surface area contributed by atoms with Crippen LogP contribution >= 0.6 is 11.3 Å². The van der Waals surface area contributed by atoms with Crippen LogP contribution in [0, 0.1) is 0 Å². The van der Waals surface area contributed by atoms with Crippen LogP contribution in [-0.2, 0) is 15.9 Å². The molecule has 2 aromatic heterocycles. The molecular weight excluding hydrogens is 635 g/mol. The first-order chi connectivity index (χ1) is 22.7. The van der Waals surface area contributed by atoms with Crippen molar-refractivity contribution in [3.63, 3.8) is 0 Å². The average molecular weight is 689 g/mol.